The van der Waals surface area contributed by atoms with Gasteiger partial charge in [0.2, 0.25) is 10.3 Å². The third kappa shape index (κ3) is 4.58. The second-order valence-electron chi connectivity index (χ2n) is 2.67. The summed E-state index contributed by atoms with van der Waals surface area (Å²) in [6.07, 6.45) is 2.70. The molecule has 5 heteroatoms. The summed E-state index contributed by atoms with van der Waals surface area (Å²) in [5.74, 6) is -0.571. The predicted octanol–water partition coefficient (Wildman–Crippen LogP) is 1.60. The number of ketones is 1. The molecule has 0 bridgehead atoms. The Bertz CT molecular complexity index is 504. The van der Waals surface area contributed by atoms with Gasteiger partial charge in [0, 0.05) is 5.02 Å². The molecule has 0 aliphatic rings. The fourth-order valence-corrected chi connectivity index (χ4v) is 1.28. The van der Waals surface area contributed by atoms with E-state index in [4.69, 9.17) is 11.6 Å². The van der Waals surface area contributed by atoms with Crippen LogP contribution in [0.2, 0.25) is 5.02 Å². The van der Waals surface area contributed by atoms with Crippen LogP contribution in [0.1, 0.15) is 5.56 Å². The van der Waals surface area contributed by atoms with Crippen LogP contribution in [0, 0.1) is 0 Å². The molecular weight excluding hydrogens is 236 g/mol. The van der Waals surface area contributed by atoms with E-state index in [1.165, 1.54) is 12.2 Å². The molecule has 0 fully saturated rings. The molecule has 0 atom stereocenters. The fourth-order valence-electron chi connectivity index (χ4n) is 0.886. The van der Waals surface area contributed by atoms with E-state index in [0.29, 0.717) is 10.4 Å². The molecule has 78 valence electrons. The monoisotopic (exact) mass is 242 g/mol. The topological polar surface area (TPSA) is 51.2 Å². The molecule has 0 N–H and O–H groups in total. The lowest BCUT2D eigenvalue weighted by Crippen LogP contribution is -1.93. The van der Waals surface area contributed by atoms with Gasteiger partial charge in [0.25, 0.3) is 0 Å². The Kier molecular flexibility index (Phi) is 4.27. The molecule has 0 unspecified atom stereocenters. The number of hydrogen-bond acceptors (Lipinski definition) is 3. The van der Waals surface area contributed by atoms with Crippen molar-refractivity contribution in [2.24, 2.45) is 0 Å². The minimum absolute atomic E-state index is 0.571. The van der Waals surface area contributed by atoms with Crippen LogP contribution in [0.3, 0.4) is 0 Å². The Morgan fingerprint density at radius 1 is 1.20 bits per heavy atom. The van der Waals surface area contributed by atoms with E-state index in [-0.39, 0.29) is 0 Å². The summed E-state index contributed by atoms with van der Waals surface area (Å²) in [5, 5.41) is 1.21. The van der Waals surface area contributed by atoms with Gasteiger partial charge < -0.3 is 0 Å². The first-order valence-electron chi connectivity index (χ1n) is 3.98. The molecule has 0 saturated heterocycles. The zero-order valence-corrected chi connectivity index (χ0v) is 9.12. The van der Waals surface area contributed by atoms with Crippen LogP contribution in [0.4, 0.5) is 0 Å². The molecule has 0 aromatic heterocycles. The van der Waals surface area contributed by atoms with Crippen LogP contribution in [0.15, 0.2) is 30.3 Å². The van der Waals surface area contributed by atoms with Crippen LogP contribution >= 0.6 is 11.6 Å². The SMILES string of the molecule is O=C(C=Cc1ccc(Cl)cc1)C=S(=O)=O. The Morgan fingerprint density at radius 3 is 2.33 bits per heavy atom. The van der Waals surface area contributed by atoms with Crippen LogP contribution < -0.4 is 0 Å². The lowest BCUT2D eigenvalue weighted by molar-refractivity contribution is -0.108. The van der Waals surface area contributed by atoms with E-state index in [9.17, 15) is 13.2 Å². The zero-order chi connectivity index (χ0) is 11.3. The fraction of sp³-hybridized carbons (Fsp3) is 0. The van der Waals surface area contributed by atoms with E-state index in [0.717, 1.165) is 5.56 Å². The van der Waals surface area contributed by atoms with Crippen molar-refractivity contribution in [1.29, 1.82) is 0 Å². The first-order chi connectivity index (χ1) is 7.08. The summed E-state index contributed by atoms with van der Waals surface area (Å²) in [7, 11) is -2.45. The van der Waals surface area contributed by atoms with Gasteiger partial charge >= 0.3 is 0 Å². The molecule has 0 aliphatic carbocycles. The van der Waals surface area contributed by atoms with Crippen LogP contribution in [0.5, 0.6) is 0 Å². The summed E-state index contributed by atoms with van der Waals surface area (Å²) in [4.78, 5) is 10.9. The van der Waals surface area contributed by atoms with Gasteiger partial charge in [0.05, 0.1) is 0 Å². The highest BCUT2D eigenvalue weighted by atomic mass is 35.5. The summed E-state index contributed by atoms with van der Waals surface area (Å²) < 4.78 is 20.3. The number of benzene rings is 1. The zero-order valence-electron chi connectivity index (χ0n) is 7.55. The van der Waals surface area contributed by atoms with Gasteiger partial charge in [0.15, 0.2) is 5.78 Å². The van der Waals surface area contributed by atoms with Crippen molar-refractivity contribution < 1.29 is 13.2 Å². The third-order valence-corrected chi connectivity index (χ3v) is 2.20. The normalized spacial score (nSPS) is 10.2. The molecule has 1 rings (SSSR count). The Balaban J connectivity index is 2.78. The Morgan fingerprint density at radius 2 is 1.80 bits per heavy atom. The van der Waals surface area contributed by atoms with Crippen molar-refractivity contribution in [2.45, 2.75) is 0 Å². The molecule has 0 spiro atoms. The molecule has 0 amide bonds. The highest BCUT2D eigenvalue weighted by Crippen LogP contribution is 2.10. The van der Waals surface area contributed by atoms with Crippen molar-refractivity contribution in [3.05, 3.63) is 40.9 Å². The number of allylic oxidation sites excluding steroid dienone is 1. The van der Waals surface area contributed by atoms with Crippen LogP contribution in [-0.2, 0) is 15.1 Å². The average molecular weight is 243 g/mol. The molecule has 1 aromatic carbocycles. The van der Waals surface area contributed by atoms with E-state index in [1.54, 1.807) is 24.3 Å². The van der Waals surface area contributed by atoms with Gasteiger partial charge in [-0.2, -0.15) is 8.42 Å². The van der Waals surface area contributed by atoms with Crippen LogP contribution in [-0.4, -0.2) is 19.6 Å². The molecule has 0 heterocycles. The molecule has 3 nitrogen and oxygen atoms in total. The highest BCUT2D eigenvalue weighted by molar-refractivity contribution is 7.73. The standard InChI is InChI=1S/C10H7ClO3S/c11-9-4-1-8(2-5-9)3-6-10(12)7-15(13)14/h1-7H. The molecule has 1 aromatic rings. The molecule has 0 saturated carbocycles. The first-order valence-corrected chi connectivity index (χ1v) is 5.50. The highest BCUT2D eigenvalue weighted by Gasteiger charge is 1.91. The predicted molar refractivity (Wildman–Crippen MR) is 60.5 cm³/mol. The smallest absolute Gasteiger partial charge is 0.218 e. The van der Waals surface area contributed by atoms with Gasteiger partial charge in [-0.15, -0.1) is 0 Å². The average Bonchev–Trinajstić information content (AvgIpc) is 2.16. The number of rotatable bonds is 3. The number of carbonyl (C=O) groups excluding carboxylic acids is 1. The van der Waals surface area contributed by atoms with E-state index >= 15 is 0 Å². The number of halogens is 1. The first kappa shape index (κ1) is 11.7. The van der Waals surface area contributed by atoms with Gasteiger partial charge in [-0.25, -0.2) is 0 Å². The third-order valence-electron chi connectivity index (χ3n) is 1.52. The molecule has 0 radical (unpaired) electrons. The molecule has 0 aliphatic heterocycles. The summed E-state index contributed by atoms with van der Waals surface area (Å²) >= 11 is 5.66. The van der Waals surface area contributed by atoms with Gasteiger partial charge in [-0.3, -0.25) is 4.79 Å². The van der Waals surface area contributed by atoms with Crippen molar-refractivity contribution >= 4 is 39.1 Å². The summed E-state index contributed by atoms with van der Waals surface area (Å²) in [6, 6.07) is 6.81. The largest absolute Gasteiger partial charge is 0.289 e. The second kappa shape index (κ2) is 5.48. The van der Waals surface area contributed by atoms with Gasteiger partial charge in [-0.1, -0.05) is 29.8 Å². The lowest BCUT2D eigenvalue weighted by atomic mass is 10.2. The minimum Gasteiger partial charge on any atom is -0.289 e. The summed E-state index contributed by atoms with van der Waals surface area (Å²) in [6.45, 7) is 0. The van der Waals surface area contributed by atoms with Crippen molar-refractivity contribution in [2.75, 3.05) is 0 Å². The second-order valence-corrected chi connectivity index (χ2v) is 3.86. The lowest BCUT2D eigenvalue weighted by Gasteiger charge is -1.91. The van der Waals surface area contributed by atoms with Gasteiger partial charge in [-0.05, 0) is 23.8 Å². The minimum atomic E-state index is -2.45. The van der Waals surface area contributed by atoms with Gasteiger partial charge in [0.1, 0.15) is 5.37 Å². The maximum absolute atomic E-state index is 10.9. The van der Waals surface area contributed by atoms with E-state index in [2.05, 4.69) is 0 Å². The van der Waals surface area contributed by atoms with Crippen molar-refractivity contribution in [3.8, 4) is 0 Å². The van der Waals surface area contributed by atoms with Crippen LogP contribution in [0.25, 0.3) is 6.08 Å². The quantitative estimate of drug-likeness (QED) is 0.598. The molecular formula is C10H7ClO3S. The Hall–Kier alpha value is -1.39. The number of hydrogen-bond donors (Lipinski definition) is 0. The maximum Gasteiger partial charge on any atom is 0.218 e. The van der Waals surface area contributed by atoms with Crippen molar-refractivity contribution in [3.63, 3.8) is 0 Å². The number of carbonyl (C=O) groups is 1. The molecule has 15 heavy (non-hydrogen) atoms. The summed E-state index contributed by atoms with van der Waals surface area (Å²) in [5.41, 5.74) is 0.776. The van der Waals surface area contributed by atoms with Crippen molar-refractivity contribution in [1.82, 2.24) is 0 Å². The Labute approximate surface area is 93.5 Å². The maximum atomic E-state index is 10.9. The van der Waals surface area contributed by atoms with E-state index in [1.807, 2.05) is 0 Å². The van der Waals surface area contributed by atoms with E-state index < -0.39 is 16.1 Å².